The second-order valence-electron chi connectivity index (χ2n) is 5.97. The molecule has 0 radical (unpaired) electrons. The van der Waals surface area contributed by atoms with Crippen LogP contribution in [-0.4, -0.2) is 40.9 Å². The second-order valence-corrected chi connectivity index (χ2v) is 5.97. The Hall–Kier alpha value is -2.37. The van der Waals surface area contributed by atoms with Gasteiger partial charge in [-0.3, -0.25) is 9.97 Å². The molecule has 4 rings (SSSR count). The molecule has 0 spiro atoms. The summed E-state index contributed by atoms with van der Waals surface area (Å²) in [6.45, 7) is 3.07. The number of nitrogens with one attached hydrogen (secondary N) is 4. The third-order valence-corrected chi connectivity index (χ3v) is 3.79. The molecule has 0 saturated heterocycles. The molecule has 4 aromatic heterocycles. The molecule has 0 aliphatic rings. The van der Waals surface area contributed by atoms with E-state index in [1.54, 1.807) is 25.0 Å². The first kappa shape index (κ1) is 35.2. The predicted molar refractivity (Wildman–Crippen MR) is 114 cm³/mol. The number of imidazole rings is 2. The minimum atomic E-state index is 0. The van der Waals surface area contributed by atoms with Crippen molar-refractivity contribution >= 4 is 0 Å². The summed E-state index contributed by atoms with van der Waals surface area (Å²) < 4.78 is 0. The minimum absolute atomic E-state index is 0. The van der Waals surface area contributed by atoms with E-state index in [9.17, 15) is 0 Å². The summed E-state index contributed by atoms with van der Waals surface area (Å²) in [5, 5.41) is 6.52. The van der Waals surface area contributed by atoms with Crippen LogP contribution in [0.4, 0.5) is 0 Å². The number of hydrogen-bond acceptors (Lipinski definition) is 6. The molecule has 184 valence electrons. The van der Waals surface area contributed by atoms with Gasteiger partial charge in [0.25, 0.3) is 0 Å². The van der Waals surface area contributed by atoms with Crippen molar-refractivity contribution < 1.29 is 52.3 Å². The van der Waals surface area contributed by atoms with E-state index in [0.717, 1.165) is 49.0 Å². The van der Waals surface area contributed by atoms with Gasteiger partial charge in [0.15, 0.2) is 0 Å². The van der Waals surface area contributed by atoms with Gasteiger partial charge in [-0.05, 0) is 24.3 Å². The van der Waals surface area contributed by atoms with Crippen molar-refractivity contribution in [1.29, 1.82) is 0 Å². The van der Waals surface area contributed by atoms with E-state index in [-0.39, 0.29) is 52.3 Å². The summed E-state index contributed by atoms with van der Waals surface area (Å²) >= 11 is 0. The zero-order valence-corrected chi connectivity index (χ0v) is 20.1. The Kier molecular flexibility index (Phi) is 22.9. The van der Waals surface area contributed by atoms with Gasteiger partial charge in [0.1, 0.15) is 0 Å². The maximum Gasteiger partial charge on any atom is 2.00 e. The van der Waals surface area contributed by atoms with Gasteiger partial charge in [-0.15, -0.1) is 0 Å². The van der Waals surface area contributed by atoms with Crippen molar-refractivity contribution in [3.05, 3.63) is 96.6 Å². The predicted octanol–water partition coefficient (Wildman–Crippen LogP) is -5.45. The molecule has 0 unspecified atom stereocenters. The average molecular weight is 542 g/mol. The zero-order chi connectivity index (χ0) is 19.3. The number of rotatable bonds is 8. The molecule has 4 aromatic rings. The van der Waals surface area contributed by atoms with Gasteiger partial charge in [-0.1, -0.05) is 12.1 Å². The fraction of sp³-hybridized carbons (Fsp3) is 0.200. The summed E-state index contributed by atoms with van der Waals surface area (Å²) in [4.78, 5) is 22.5. The number of pyridine rings is 2. The Labute approximate surface area is 215 Å². The van der Waals surface area contributed by atoms with Crippen LogP contribution in [0.2, 0.25) is 0 Å². The Morgan fingerprint density at radius 2 is 0.970 bits per heavy atom. The number of aromatic nitrogens is 6. The maximum absolute atomic E-state index is 4.21. The molecule has 4 heterocycles. The molecule has 33 heavy (non-hydrogen) atoms. The molecule has 0 aliphatic heterocycles. The van der Waals surface area contributed by atoms with Crippen molar-refractivity contribution in [1.82, 2.24) is 40.5 Å². The van der Waals surface area contributed by atoms with Crippen LogP contribution in [0.1, 0.15) is 22.8 Å². The molecule has 0 aliphatic carbocycles. The number of nitrogens with zero attached hydrogens (tertiary/aromatic N) is 4. The Bertz CT molecular complexity index is 813. The number of H-pyrrole nitrogens is 2. The van der Waals surface area contributed by atoms with E-state index in [1.807, 2.05) is 48.8 Å². The Morgan fingerprint density at radius 3 is 1.27 bits per heavy atom. The van der Waals surface area contributed by atoms with Gasteiger partial charge < -0.3 is 56.4 Å². The van der Waals surface area contributed by atoms with Crippen molar-refractivity contribution in [2.75, 3.05) is 0 Å². The first-order valence-electron chi connectivity index (χ1n) is 9.07. The molecule has 13 heteroatoms. The molecule has 0 atom stereocenters. The van der Waals surface area contributed by atoms with Crippen LogP contribution in [0.25, 0.3) is 0 Å². The summed E-state index contributed by atoms with van der Waals surface area (Å²) in [7, 11) is 0. The standard InChI is InChI=1S/2C10H12N4.2ClH.Ni.2H2O/c2*1-2-4-13-9(3-1)5-11-6-10-7-12-8-14-10;;;;;/h2*1-4,7-8,11H,5-6H2,(H,12,14);2*1H;;2*1H2/q;;;;+2;;/p-2. The molecule has 0 amide bonds. The fourth-order valence-corrected chi connectivity index (χ4v) is 2.42. The van der Waals surface area contributed by atoms with Crippen LogP contribution in [0.15, 0.2) is 73.8 Å². The normalized spacial score (nSPS) is 8.73. The van der Waals surface area contributed by atoms with Gasteiger partial charge in [-0.25, -0.2) is 9.97 Å². The van der Waals surface area contributed by atoms with Gasteiger partial charge in [0, 0.05) is 51.0 Å². The third kappa shape index (κ3) is 14.4. The third-order valence-electron chi connectivity index (χ3n) is 3.79. The molecule has 8 N–H and O–H groups in total. The molecule has 0 fully saturated rings. The second kappa shape index (κ2) is 21.5. The van der Waals surface area contributed by atoms with Crippen molar-refractivity contribution in [3.8, 4) is 0 Å². The van der Waals surface area contributed by atoms with E-state index in [0.29, 0.717) is 0 Å². The molecular formula is C20H28Cl2N8NiO2. The summed E-state index contributed by atoms with van der Waals surface area (Å²) in [6.07, 6.45) is 10.7. The van der Waals surface area contributed by atoms with E-state index >= 15 is 0 Å². The molecule has 0 bridgehead atoms. The zero-order valence-electron chi connectivity index (χ0n) is 17.6. The first-order chi connectivity index (χ1) is 13.9. The van der Waals surface area contributed by atoms with Crippen LogP contribution in [0.5, 0.6) is 0 Å². The topological polar surface area (TPSA) is 170 Å². The van der Waals surface area contributed by atoms with Crippen LogP contribution in [0, 0.1) is 0 Å². The van der Waals surface area contributed by atoms with E-state index < -0.39 is 0 Å². The summed E-state index contributed by atoms with van der Waals surface area (Å²) in [6, 6.07) is 11.8. The number of hydrogen-bond donors (Lipinski definition) is 4. The largest absolute Gasteiger partial charge is 2.00 e. The fourth-order valence-electron chi connectivity index (χ4n) is 2.42. The van der Waals surface area contributed by atoms with Crippen LogP contribution >= 0.6 is 0 Å². The number of aromatic amines is 2. The van der Waals surface area contributed by atoms with Gasteiger partial charge in [-0.2, -0.15) is 0 Å². The SMILES string of the molecule is O.O.[Cl-].[Cl-].[Ni+2].c1ccc(CNCc2c[nH]cn2)nc1.c1ccc(CNCc2c[nH]cn2)nc1. The monoisotopic (exact) mass is 540 g/mol. The quantitative estimate of drug-likeness (QED) is 0.162. The molecule has 0 saturated carbocycles. The van der Waals surface area contributed by atoms with E-state index in [1.165, 1.54) is 0 Å². The first-order valence-corrected chi connectivity index (χ1v) is 9.07. The summed E-state index contributed by atoms with van der Waals surface area (Å²) in [5.74, 6) is 0. The Balaban J connectivity index is -0.000000474. The molecule has 10 nitrogen and oxygen atoms in total. The van der Waals surface area contributed by atoms with Crippen molar-refractivity contribution in [3.63, 3.8) is 0 Å². The maximum atomic E-state index is 4.21. The molecular weight excluding hydrogens is 514 g/mol. The van der Waals surface area contributed by atoms with Crippen molar-refractivity contribution in [2.45, 2.75) is 26.2 Å². The molecule has 0 aromatic carbocycles. The van der Waals surface area contributed by atoms with E-state index in [2.05, 4.69) is 40.5 Å². The van der Waals surface area contributed by atoms with Crippen molar-refractivity contribution in [2.24, 2.45) is 0 Å². The van der Waals surface area contributed by atoms with Gasteiger partial charge in [0.2, 0.25) is 0 Å². The van der Waals surface area contributed by atoms with Crippen LogP contribution < -0.4 is 35.4 Å². The van der Waals surface area contributed by atoms with Crippen LogP contribution in [-0.2, 0) is 42.7 Å². The smallest absolute Gasteiger partial charge is 1.00 e. The minimum Gasteiger partial charge on any atom is -1.00 e. The van der Waals surface area contributed by atoms with E-state index in [4.69, 9.17) is 0 Å². The van der Waals surface area contributed by atoms with Crippen LogP contribution in [0.3, 0.4) is 0 Å². The van der Waals surface area contributed by atoms with Gasteiger partial charge in [0.05, 0.1) is 35.4 Å². The van der Waals surface area contributed by atoms with Gasteiger partial charge >= 0.3 is 16.5 Å². The Morgan fingerprint density at radius 1 is 0.576 bits per heavy atom. The number of halogens is 2. The summed E-state index contributed by atoms with van der Waals surface area (Å²) in [5.41, 5.74) is 4.12. The average Bonchev–Trinajstić information content (AvgIpc) is 3.45.